The van der Waals surface area contributed by atoms with Crippen LogP contribution in [0, 0.1) is 0 Å². The molecule has 0 radical (unpaired) electrons. The van der Waals surface area contributed by atoms with Crippen molar-refractivity contribution in [3.63, 3.8) is 0 Å². The minimum Gasteiger partial charge on any atom is -0.394 e. The molecule has 12 N–H and O–H groups in total. The topological polar surface area (TPSA) is 307 Å². The van der Waals surface area contributed by atoms with E-state index in [1.807, 2.05) is 0 Å². The second-order valence-electron chi connectivity index (χ2n) is 32.7. The second kappa shape index (κ2) is 72.9. The van der Waals surface area contributed by atoms with Gasteiger partial charge in [-0.15, -0.1) is 0 Å². The summed E-state index contributed by atoms with van der Waals surface area (Å²) >= 11 is 0. The summed E-state index contributed by atoms with van der Waals surface area (Å²) in [4.78, 5) is 13.6. The molecule has 17 unspecified atom stereocenters. The Hall–Kier alpha value is -3.03. The van der Waals surface area contributed by atoms with Gasteiger partial charge in [0.1, 0.15) is 73.2 Å². The number of carbonyl (C=O) groups is 1. The van der Waals surface area contributed by atoms with Gasteiger partial charge in [-0.1, -0.05) is 381 Å². The van der Waals surface area contributed by atoms with Gasteiger partial charge in [0.2, 0.25) is 5.91 Å². The number of ether oxygens (including phenoxy) is 6. The number of allylic oxidation sites excluding steroid dienone is 14. The zero-order valence-corrected chi connectivity index (χ0v) is 71.1. The number of hydrogen-bond donors (Lipinski definition) is 12. The molecule has 3 aliphatic heterocycles. The lowest BCUT2D eigenvalue weighted by atomic mass is 9.96. The Morgan fingerprint density at radius 3 is 0.956 bits per heavy atom. The first-order chi connectivity index (χ1) is 55.3. The fourth-order valence-corrected chi connectivity index (χ4v) is 15.4. The van der Waals surface area contributed by atoms with E-state index in [1.54, 1.807) is 0 Å². The van der Waals surface area contributed by atoms with Crippen LogP contribution in [0.15, 0.2) is 85.1 Å². The van der Waals surface area contributed by atoms with Crippen molar-refractivity contribution in [1.29, 1.82) is 0 Å². The molecule has 3 aliphatic rings. The number of unbranched alkanes of at least 4 members (excludes halogenated alkanes) is 45. The first-order valence-corrected chi connectivity index (χ1v) is 46.3. The maximum absolute atomic E-state index is 13.6. The average molecular weight is 1600 g/mol. The van der Waals surface area contributed by atoms with E-state index in [1.165, 1.54) is 250 Å². The molecule has 3 fully saturated rings. The van der Waals surface area contributed by atoms with Gasteiger partial charge in [-0.05, 0) is 70.6 Å². The summed E-state index contributed by atoms with van der Waals surface area (Å²) in [5, 5.41) is 121. The van der Waals surface area contributed by atoms with E-state index in [2.05, 4.69) is 104 Å². The molecular formula is C94H169NO18. The van der Waals surface area contributed by atoms with Gasteiger partial charge in [0, 0.05) is 6.42 Å². The molecule has 0 saturated carbocycles. The number of carbonyl (C=O) groups excluding carboxylic acids is 1. The standard InChI is InChI=1S/C94H169NO18/c1-3-5-7-9-11-13-15-17-19-21-23-25-27-29-31-33-34-35-36-37-38-39-40-41-42-44-46-48-50-52-54-56-58-60-62-64-66-68-70-72-82(100)95-77(78(99)71-69-67-65-63-61-59-57-55-53-51-49-47-45-43-32-30-28-26-24-22-20-18-16-14-12-10-8-6-4-2)76-108-92-88(106)85(103)90(80(74-97)110-92)113-94-89(107)86(104)91(81(75-98)111-94)112-93-87(105)84(102)83(101)79(73-96)109-93/h5,7,11,13,17,19,23,25,29,31,34-35,37-38,77-81,83-94,96-99,101-107H,3-4,6,8-10,12,14-16,18,20-22,24,26-28,30,32-33,36,39-76H2,1-2H3,(H,95,100)/b7-5-,13-11-,19-17-,25-23-,31-29-,35-34-,38-37-. The first-order valence-electron chi connectivity index (χ1n) is 46.3. The largest absolute Gasteiger partial charge is 0.394 e. The van der Waals surface area contributed by atoms with Gasteiger partial charge in [0.25, 0.3) is 0 Å². The van der Waals surface area contributed by atoms with Crippen LogP contribution in [0.1, 0.15) is 373 Å². The number of aliphatic hydroxyl groups is 11. The van der Waals surface area contributed by atoms with Gasteiger partial charge in [0.05, 0.1) is 38.6 Å². The Kier molecular flexibility index (Phi) is 67.2. The van der Waals surface area contributed by atoms with Crippen LogP contribution in [0.5, 0.6) is 0 Å². The highest BCUT2D eigenvalue weighted by molar-refractivity contribution is 5.76. The number of aliphatic hydroxyl groups excluding tert-OH is 11. The summed E-state index contributed by atoms with van der Waals surface area (Å²) in [7, 11) is 0. The highest BCUT2D eigenvalue weighted by atomic mass is 16.8. The molecule has 17 atom stereocenters. The van der Waals surface area contributed by atoms with Crippen molar-refractivity contribution < 1.29 is 89.4 Å². The van der Waals surface area contributed by atoms with Crippen molar-refractivity contribution >= 4 is 5.91 Å². The fraction of sp³-hybridized carbons (Fsp3) is 0.840. The molecule has 19 nitrogen and oxygen atoms in total. The lowest BCUT2D eigenvalue weighted by molar-refractivity contribution is -0.379. The normalized spacial score (nSPS) is 25.2. The van der Waals surface area contributed by atoms with Gasteiger partial charge < -0.3 is 89.9 Å². The molecule has 1 amide bonds. The van der Waals surface area contributed by atoms with E-state index in [-0.39, 0.29) is 18.9 Å². The second-order valence-corrected chi connectivity index (χ2v) is 32.7. The molecule has 0 spiro atoms. The zero-order chi connectivity index (χ0) is 81.7. The van der Waals surface area contributed by atoms with Crippen molar-refractivity contribution in [1.82, 2.24) is 5.32 Å². The van der Waals surface area contributed by atoms with Crippen LogP contribution >= 0.6 is 0 Å². The number of nitrogens with one attached hydrogen (secondary N) is 1. The monoisotopic (exact) mass is 1600 g/mol. The molecule has 0 aromatic carbocycles. The third-order valence-corrected chi connectivity index (χ3v) is 22.7. The molecule has 3 saturated heterocycles. The third kappa shape index (κ3) is 51.3. The van der Waals surface area contributed by atoms with Crippen LogP contribution in [0.25, 0.3) is 0 Å². The van der Waals surface area contributed by atoms with Crippen molar-refractivity contribution in [2.24, 2.45) is 0 Å². The number of amides is 1. The molecule has 3 heterocycles. The van der Waals surface area contributed by atoms with Crippen molar-refractivity contribution in [2.75, 3.05) is 26.4 Å². The SMILES string of the molecule is CC/C=C\C/C=C\C/C=C\C/C=C\C/C=C\C/C=C\C/C=C\CCCCCCCCCCCCCCCCCCCC(=O)NC(COC1OC(CO)C(OC2OC(CO)C(OC3OC(CO)C(O)C(O)C3O)C(O)C2O)C(O)C1O)C(O)CCCCCCCCCCCCCCCCCCCCCCCCCCCCCCC. The van der Waals surface area contributed by atoms with Crippen LogP contribution in [-0.4, -0.2) is 193 Å². The van der Waals surface area contributed by atoms with Crippen LogP contribution in [0.4, 0.5) is 0 Å². The summed E-state index contributed by atoms with van der Waals surface area (Å²) < 4.78 is 34.6. The fourth-order valence-electron chi connectivity index (χ4n) is 15.4. The Labute approximate surface area is 686 Å². The van der Waals surface area contributed by atoms with Crippen LogP contribution in [-0.2, 0) is 33.2 Å². The van der Waals surface area contributed by atoms with Crippen LogP contribution in [0.3, 0.4) is 0 Å². The molecule has 0 aromatic rings. The van der Waals surface area contributed by atoms with Crippen LogP contribution < -0.4 is 5.32 Å². The van der Waals surface area contributed by atoms with Crippen molar-refractivity contribution in [3.8, 4) is 0 Å². The van der Waals surface area contributed by atoms with Gasteiger partial charge in [-0.3, -0.25) is 4.79 Å². The van der Waals surface area contributed by atoms with Gasteiger partial charge >= 0.3 is 0 Å². The third-order valence-electron chi connectivity index (χ3n) is 22.7. The van der Waals surface area contributed by atoms with Crippen molar-refractivity contribution in [2.45, 2.75) is 478 Å². The van der Waals surface area contributed by atoms with Gasteiger partial charge in [-0.25, -0.2) is 0 Å². The number of hydrogen-bond acceptors (Lipinski definition) is 18. The summed E-state index contributed by atoms with van der Waals surface area (Å²) in [6.07, 6.45) is 72.6. The van der Waals surface area contributed by atoms with E-state index in [4.69, 9.17) is 28.4 Å². The predicted octanol–water partition coefficient (Wildman–Crippen LogP) is 18.1. The van der Waals surface area contributed by atoms with E-state index in [0.29, 0.717) is 12.8 Å². The molecule has 3 rings (SSSR count). The minimum atomic E-state index is -1.98. The summed E-state index contributed by atoms with van der Waals surface area (Å²) in [6, 6.07) is -0.892. The Balaban J connectivity index is 1.30. The predicted molar refractivity (Wildman–Crippen MR) is 457 cm³/mol. The minimum absolute atomic E-state index is 0.238. The lowest BCUT2D eigenvalue weighted by Crippen LogP contribution is -2.66. The zero-order valence-electron chi connectivity index (χ0n) is 71.1. The van der Waals surface area contributed by atoms with E-state index < -0.39 is 124 Å². The maximum atomic E-state index is 13.6. The highest BCUT2D eigenvalue weighted by Gasteiger charge is 2.54. The quantitative estimate of drug-likeness (QED) is 0.0199. The van der Waals surface area contributed by atoms with Gasteiger partial charge in [0.15, 0.2) is 18.9 Å². The molecule has 113 heavy (non-hydrogen) atoms. The molecule has 19 heteroatoms. The molecule has 0 bridgehead atoms. The van der Waals surface area contributed by atoms with Crippen molar-refractivity contribution in [3.05, 3.63) is 85.1 Å². The highest BCUT2D eigenvalue weighted by Crippen LogP contribution is 2.34. The van der Waals surface area contributed by atoms with E-state index >= 15 is 0 Å². The van der Waals surface area contributed by atoms with Crippen LogP contribution in [0.2, 0.25) is 0 Å². The van der Waals surface area contributed by atoms with E-state index in [0.717, 1.165) is 89.9 Å². The molecule has 658 valence electrons. The summed E-state index contributed by atoms with van der Waals surface area (Å²) in [6.45, 7) is 1.74. The van der Waals surface area contributed by atoms with E-state index in [9.17, 15) is 61.0 Å². The molecule has 0 aliphatic carbocycles. The Bertz CT molecular complexity index is 2370. The summed E-state index contributed by atoms with van der Waals surface area (Å²) in [5.74, 6) is -0.238. The Morgan fingerprint density at radius 1 is 0.327 bits per heavy atom. The average Bonchev–Trinajstić information content (AvgIpc) is 0.780. The summed E-state index contributed by atoms with van der Waals surface area (Å²) in [5.41, 5.74) is 0. The van der Waals surface area contributed by atoms with Gasteiger partial charge in [-0.2, -0.15) is 0 Å². The molecular weight excluding hydrogens is 1430 g/mol. The molecule has 0 aromatic heterocycles. The Morgan fingerprint density at radius 2 is 0.611 bits per heavy atom. The lowest BCUT2D eigenvalue weighted by Gasteiger charge is -2.48. The number of rotatable bonds is 75. The first kappa shape index (κ1) is 104. The maximum Gasteiger partial charge on any atom is 0.220 e. The smallest absolute Gasteiger partial charge is 0.220 e.